The highest BCUT2D eigenvalue weighted by molar-refractivity contribution is 5.94. The van der Waals surface area contributed by atoms with Gasteiger partial charge in [-0.2, -0.15) is 0 Å². The molecule has 0 spiro atoms. The summed E-state index contributed by atoms with van der Waals surface area (Å²) < 4.78 is 11.6. The Morgan fingerprint density at radius 2 is 1.68 bits per heavy atom. The van der Waals surface area contributed by atoms with Crippen molar-refractivity contribution in [2.45, 2.75) is 118 Å². The number of carbonyl (C=O) groups is 1. The Kier molecular flexibility index (Phi) is 12.7. The molecule has 0 aliphatic rings. The van der Waals surface area contributed by atoms with E-state index in [0.717, 1.165) is 41.4 Å². The fourth-order valence-electron chi connectivity index (χ4n) is 4.76. The van der Waals surface area contributed by atoms with Crippen LogP contribution in [-0.4, -0.2) is 35.5 Å². The number of para-hydroxylation sites is 1. The van der Waals surface area contributed by atoms with Gasteiger partial charge >= 0.3 is 5.97 Å². The van der Waals surface area contributed by atoms with Crippen molar-refractivity contribution in [3.63, 3.8) is 0 Å². The Bertz CT molecular complexity index is 1060. The van der Waals surface area contributed by atoms with E-state index in [2.05, 4.69) is 25.8 Å². The number of hydrogen-bond donors (Lipinski definition) is 1. The van der Waals surface area contributed by atoms with Crippen molar-refractivity contribution in [1.29, 1.82) is 0 Å². The van der Waals surface area contributed by atoms with Crippen molar-refractivity contribution >= 4 is 34.1 Å². The standard InChI is InChI=1S/C32H51N3O3/c1-8-10-20-31(4,5)21-15-11-12-18-28(36)38-32(6,7)22-19-25(23-37-9-2)34-29-24(3)26-16-13-14-17-27(26)35-30(29)33/h13-14,16-17H,8-12,15,18-23H2,1-7H3,(H2,33,35)/b34-25+. The molecular formula is C32H51N3O3. The Balaban J connectivity index is 1.93. The zero-order valence-corrected chi connectivity index (χ0v) is 25.0. The summed E-state index contributed by atoms with van der Waals surface area (Å²) in [6.45, 7) is 15.9. The van der Waals surface area contributed by atoms with Crippen molar-refractivity contribution in [3.8, 4) is 0 Å². The molecule has 0 fully saturated rings. The number of rotatable bonds is 17. The maximum absolute atomic E-state index is 12.6. The lowest BCUT2D eigenvalue weighted by Crippen LogP contribution is -2.29. The number of nitrogen functional groups attached to an aromatic ring is 1. The first-order valence-corrected chi connectivity index (χ1v) is 14.5. The van der Waals surface area contributed by atoms with Crippen LogP contribution >= 0.6 is 0 Å². The number of ether oxygens (including phenoxy) is 2. The molecule has 0 unspecified atom stereocenters. The third-order valence-electron chi connectivity index (χ3n) is 7.24. The van der Waals surface area contributed by atoms with Crippen LogP contribution in [0.4, 0.5) is 11.5 Å². The molecule has 38 heavy (non-hydrogen) atoms. The highest BCUT2D eigenvalue weighted by atomic mass is 16.6. The van der Waals surface area contributed by atoms with Gasteiger partial charge in [-0.25, -0.2) is 4.98 Å². The topological polar surface area (TPSA) is 86.8 Å². The first-order chi connectivity index (χ1) is 18.0. The molecule has 0 atom stereocenters. The van der Waals surface area contributed by atoms with Crippen molar-refractivity contribution in [2.75, 3.05) is 18.9 Å². The SMILES string of the molecule is CCCCC(C)(C)CCCCCC(=O)OC(C)(C)CC/C(COCC)=N\c1c(N)nc2ccccc2c1C. The average Bonchev–Trinajstić information content (AvgIpc) is 2.86. The van der Waals surface area contributed by atoms with Gasteiger partial charge < -0.3 is 15.2 Å². The summed E-state index contributed by atoms with van der Waals surface area (Å²) in [5, 5.41) is 1.04. The number of unbranched alkanes of at least 4 members (excludes halogenated alkanes) is 3. The third kappa shape index (κ3) is 10.7. The van der Waals surface area contributed by atoms with Crippen LogP contribution in [0.3, 0.4) is 0 Å². The lowest BCUT2D eigenvalue weighted by molar-refractivity contribution is -0.157. The first kappa shape index (κ1) is 31.7. The van der Waals surface area contributed by atoms with Gasteiger partial charge in [0, 0.05) is 24.1 Å². The Hall–Kier alpha value is -2.47. The van der Waals surface area contributed by atoms with Gasteiger partial charge in [0.25, 0.3) is 0 Å². The van der Waals surface area contributed by atoms with E-state index in [4.69, 9.17) is 20.2 Å². The highest BCUT2D eigenvalue weighted by Gasteiger charge is 2.24. The summed E-state index contributed by atoms with van der Waals surface area (Å²) in [5.41, 5.74) is 9.52. The smallest absolute Gasteiger partial charge is 0.306 e. The molecule has 0 aliphatic heterocycles. The van der Waals surface area contributed by atoms with Crippen LogP contribution in [0.25, 0.3) is 10.9 Å². The summed E-state index contributed by atoms with van der Waals surface area (Å²) in [6.07, 6.45) is 9.89. The summed E-state index contributed by atoms with van der Waals surface area (Å²) in [6, 6.07) is 7.94. The van der Waals surface area contributed by atoms with Crippen LogP contribution in [0, 0.1) is 12.3 Å². The molecule has 212 valence electrons. The number of pyridine rings is 1. The highest BCUT2D eigenvalue weighted by Crippen LogP contribution is 2.32. The van der Waals surface area contributed by atoms with Crippen LogP contribution in [-0.2, 0) is 14.3 Å². The molecule has 1 heterocycles. The molecule has 0 bridgehead atoms. The molecule has 0 radical (unpaired) electrons. The van der Waals surface area contributed by atoms with Crippen molar-refractivity contribution in [1.82, 2.24) is 4.98 Å². The van der Waals surface area contributed by atoms with E-state index in [9.17, 15) is 4.79 Å². The summed E-state index contributed by atoms with van der Waals surface area (Å²) in [7, 11) is 0. The quantitative estimate of drug-likeness (QED) is 0.127. The minimum atomic E-state index is -0.589. The Morgan fingerprint density at radius 3 is 2.39 bits per heavy atom. The van der Waals surface area contributed by atoms with E-state index in [1.54, 1.807) is 0 Å². The van der Waals surface area contributed by atoms with E-state index in [1.807, 2.05) is 52.0 Å². The van der Waals surface area contributed by atoms with Gasteiger partial charge in [-0.3, -0.25) is 9.79 Å². The van der Waals surface area contributed by atoms with Gasteiger partial charge in [0.15, 0.2) is 0 Å². The minimum Gasteiger partial charge on any atom is -0.460 e. The average molecular weight is 526 g/mol. The van der Waals surface area contributed by atoms with E-state index in [-0.39, 0.29) is 5.97 Å². The lowest BCUT2D eigenvalue weighted by atomic mass is 9.82. The van der Waals surface area contributed by atoms with Gasteiger partial charge in [0.05, 0.1) is 12.1 Å². The molecular weight excluding hydrogens is 474 g/mol. The molecule has 2 aromatic rings. The van der Waals surface area contributed by atoms with Gasteiger partial charge in [-0.1, -0.05) is 64.7 Å². The maximum Gasteiger partial charge on any atom is 0.306 e. The van der Waals surface area contributed by atoms with E-state index < -0.39 is 5.60 Å². The molecule has 2 rings (SSSR count). The molecule has 1 aromatic carbocycles. The van der Waals surface area contributed by atoms with Crippen molar-refractivity contribution in [3.05, 3.63) is 29.8 Å². The first-order valence-electron chi connectivity index (χ1n) is 14.5. The number of carbonyl (C=O) groups excluding carboxylic acids is 1. The number of aryl methyl sites for hydroxylation is 1. The molecule has 0 saturated carbocycles. The monoisotopic (exact) mass is 525 g/mol. The van der Waals surface area contributed by atoms with Crippen LogP contribution in [0.2, 0.25) is 0 Å². The number of fused-ring (bicyclic) bond motifs is 1. The molecule has 1 aromatic heterocycles. The number of esters is 1. The van der Waals surface area contributed by atoms with E-state index in [0.29, 0.717) is 49.4 Å². The van der Waals surface area contributed by atoms with Crippen LogP contribution in [0.5, 0.6) is 0 Å². The van der Waals surface area contributed by atoms with E-state index >= 15 is 0 Å². The Morgan fingerprint density at radius 1 is 0.974 bits per heavy atom. The second kappa shape index (κ2) is 15.2. The number of aromatic nitrogens is 1. The molecule has 0 saturated heterocycles. The van der Waals surface area contributed by atoms with Crippen LogP contribution < -0.4 is 5.73 Å². The molecule has 0 aliphatic carbocycles. The predicted molar refractivity (Wildman–Crippen MR) is 160 cm³/mol. The zero-order valence-electron chi connectivity index (χ0n) is 25.0. The van der Waals surface area contributed by atoms with Crippen molar-refractivity contribution < 1.29 is 14.3 Å². The van der Waals surface area contributed by atoms with Gasteiger partial charge in [-0.05, 0) is 76.8 Å². The largest absolute Gasteiger partial charge is 0.460 e. The zero-order chi connectivity index (χ0) is 28.2. The number of anilines is 1. The second-order valence-corrected chi connectivity index (χ2v) is 11.9. The van der Waals surface area contributed by atoms with Gasteiger partial charge in [-0.15, -0.1) is 0 Å². The van der Waals surface area contributed by atoms with Gasteiger partial charge in [0.2, 0.25) is 0 Å². The number of benzene rings is 1. The fourth-order valence-corrected chi connectivity index (χ4v) is 4.76. The number of nitrogens with two attached hydrogens (primary N) is 1. The molecule has 6 nitrogen and oxygen atoms in total. The summed E-state index contributed by atoms with van der Waals surface area (Å²) in [5.74, 6) is 0.289. The van der Waals surface area contributed by atoms with E-state index in [1.165, 1.54) is 25.7 Å². The number of nitrogens with zero attached hydrogens (tertiary/aromatic N) is 2. The van der Waals surface area contributed by atoms with Gasteiger partial charge in [0.1, 0.15) is 17.1 Å². The van der Waals surface area contributed by atoms with Crippen LogP contribution in [0.15, 0.2) is 29.3 Å². The molecule has 6 heteroatoms. The minimum absolute atomic E-state index is 0.123. The Labute approximate surface area is 230 Å². The maximum atomic E-state index is 12.6. The number of aliphatic imine (C=N–C) groups is 1. The summed E-state index contributed by atoms with van der Waals surface area (Å²) in [4.78, 5) is 22.0. The lowest BCUT2D eigenvalue weighted by Gasteiger charge is -2.26. The van der Waals surface area contributed by atoms with Crippen molar-refractivity contribution in [2.24, 2.45) is 10.4 Å². The number of hydrogen-bond acceptors (Lipinski definition) is 6. The second-order valence-electron chi connectivity index (χ2n) is 11.9. The molecule has 0 amide bonds. The third-order valence-corrected chi connectivity index (χ3v) is 7.24. The molecule has 2 N–H and O–H groups in total. The van der Waals surface area contributed by atoms with Crippen LogP contribution in [0.1, 0.15) is 111 Å². The predicted octanol–water partition coefficient (Wildman–Crippen LogP) is 8.50. The normalized spacial score (nSPS) is 12.8. The fraction of sp³-hybridized carbons (Fsp3) is 0.656. The summed E-state index contributed by atoms with van der Waals surface area (Å²) >= 11 is 0.